The van der Waals surface area contributed by atoms with E-state index in [1.807, 2.05) is 0 Å². The Bertz CT molecular complexity index is 679. The van der Waals surface area contributed by atoms with Gasteiger partial charge in [-0.1, -0.05) is 59.7 Å². The third-order valence-corrected chi connectivity index (χ3v) is 5.23. The average Bonchev–Trinajstić information content (AvgIpc) is 2.47. The summed E-state index contributed by atoms with van der Waals surface area (Å²) < 4.78 is 82.3. The highest BCUT2D eigenvalue weighted by Crippen LogP contribution is 2.66. The first-order valence-corrected chi connectivity index (χ1v) is 8.26. The molecule has 6 heteroatoms. The minimum Gasteiger partial charge on any atom is -0.171 e. The number of halogens is 6. The first-order valence-electron chi connectivity index (χ1n) is 8.26. The molecule has 0 bridgehead atoms. The largest absolute Gasteiger partial charge is 0.393 e. The predicted octanol–water partition coefficient (Wildman–Crippen LogP) is 6.54. The number of alkyl halides is 6. The van der Waals surface area contributed by atoms with Gasteiger partial charge >= 0.3 is 12.4 Å². The van der Waals surface area contributed by atoms with Crippen molar-refractivity contribution in [2.75, 3.05) is 0 Å². The van der Waals surface area contributed by atoms with Crippen molar-refractivity contribution >= 4 is 0 Å². The molecule has 26 heavy (non-hydrogen) atoms. The van der Waals surface area contributed by atoms with Crippen molar-refractivity contribution in [3.63, 3.8) is 0 Å². The SMILES string of the molecule is Cc1ccc(C2C(C(F)(F)F)C(c3ccc(C)cc3)C2C(F)(F)F)cc1. The monoisotopic (exact) mass is 372 g/mol. The van der Waals surface area contributed by atoms with Crippen LogP contribution in [0.1, 0.15) is 34.1 Å². The van der Waals surface area contributed by atoms with E-state index < -0.39 is 36.0 Å². The molecule has 1 aliphatic rings. The number of hydrogen-bond donors (Lipinski definition) is 0. The molecule has 0 saturated heterocycles. The quantitative estimate of drug-likeness (QED) is 0.525. The molecule has 1 fully saturated rings. The summed E-state index contributed by atoms with van der Waals surface area (Å²) in [5, 5.41) is 0. The molecule has 0 N–H and O–H groups in total. The van der Waals surface area contributed by atoms with Gasteiger partial charge in [0, 0.05) is 11.8 Å². The van der Waals surface area contributed by atoms with Gasteiger partial charge in [-0.05, 0) is 25.0 Å². The first-order chi connectivity index (χ1) is 12.0. The Kier molecular flexibility index (Phi) is 4.57. The maximum atomic E-state index is 13.7. The lowest BCUT2D eigenvalue weighted by atomic mass is 9.52. The maximum absolute atomic E-state index is 13.7. The summed E-state index contributed by atoms with van der Waals surface area (Å²) in [5.41, 5.74) is 1.75. The Morgan fingerprint density at radius 2 is 0.808 bits per heavy atom. The smallest absolute Gasteiger partial charge is 0.171 e. The van der Waals surface area contributed by atoms with Crippen LogP contribution < -0.4 is 0 Å². The maximum Gasteiger partial charge on any atom is 0.393 e. The van der Waals surface area contributed by atoms with Gasteiger partial charge in [-0.2, -0.15) is 26.3 Å². The summed E-state index contributed by atoms with van der Waals surface area (Å²) in [5.74, 6) is -7.36. The third kappa shape index (κ3) is 3.33. The number of aryl methyl sites for hydroxylation is 2. The molecule has 0 atom stereocenters. The van der Waals surface area contributed by atoms with E-state index in [0.29, 0.717) is 0 Å². The Morgan fingerprint density at radius 1 is 0.538 bits per heavy atom. The number of rotatable bonds is 2. The molecule has 0 aliphatic heterocycles. The Hall–Kier alpha value is -1.98. The van der Waals surface area contributed by atoms with Gasteiger partial charge in [-0.15, -0.1) is 0 Å². The van der Waals surface area contributed by atoms with Gasteiger partial charge in [0.2, 0.25) is 0 Å². The molecule has 0 unspecified atom stereocenters. The van der Waals surface area contributed by atoms with Crippen LogP contribution in [-0.2, 0) is 0 Å². The molecule has 0 radical (unpaired) electrons. The van der Waals surface area contributed by atoms with Crippen LogP contribution in [0.25, 0.3) is 0 Å². The van der Waals surface area contributed by atoms with Crippen LogP contribution in [0.15, 0.2) is 48.5 Å². The topological polar surface area (TPSA) is 0 Å². The molecule has 2 aromatic carbocycles. The normalized spacial score (nSPS) is 26.5. The standard InChI is InChI=1S/C20H18F6/c1-11-3-7-13(8-4-11)15-17(19(21,22)23)16(18(15)20(24,25)26)14-9-5-12(2)6-10-14/h3-10,15-18H,1-2H3. The van der Waals surface area contributed by atoms with Crippen LogP contribution in [0, 0.1) is 25.7 Å². The lowest BCUT2D eigenvalue weighted by Gasteiger charge is -2.53. The Balaban J connectivity index is 2.10. The zero-order chi connectivity index (χ0) is 19.3. The fraction of sp³-hybridized carbons (Fsp3) is 0.400. The molecule has 0 spiro atoms. The van der Waals surface area contributed by atoms with Crippen LogP contribution in [0.4, 0.5) is 26.3 Å². The minimum absolute atomic E-state index is 0.0867. The summed E-state index contributed by atoms with van der Waals surface area (Å²) in [4.78, 5) is 0. The molecular formula is C20H18F6. The molecule has 0 amide bonds. The highest BCUT2D eigenvalue weighted by Gasteiger charge is 2.69. The van der Waals surface area contributed by atoms with E-state index in [1.54, 1.807) is 38.1 Å². The predicted molar refractivity (Wildman–Crippen MR) is 86.9 cm³/mol. The molecule has 3 rings (SSSR count). The molecule has 1 aliphatic carbocycles. The zero-order valence-electron chi connectivity index (χ0n) is 14.2. The van der Waals surface area contributed by atoms with E-state index in [4.69, 9.17) is 0 Å². The highest BCUT2D eigenvalue weighted by molar-refractivity contribution is 5.37. The van der Waals surface area contributed by atoms with Crippen LogP contribution in [-0.4, -0.2) is 12.4 Å². The van der Waals surface area contributed by atoms with Crippen molar-refractivity contribution in [2.45, 2.75) is 38.0 Å². The molecular weight excluding hydrogens is 354 g/mol. The van der Waals surface area contributed by atoms with Crippen LogP contribution in [0.2, 0.25) is 0 Å². The van der Waals surface area contributed by atoms with Crippen molar-refractivity contribution in [1.82, 2.24) is 0 Å². The lowest BCUT2D eigenvalue weighted by Crippen LogP contribution is -2.55. The van der Waals surface area contributed by atoms with Crippen molar-refractivity contribution < 1.29 is 26.3 Å². The molecule has 0 nitrogen and oxygen atoms in total. The second kappa shape index (κ2) is 6.32. The Morgan fingerprint density at radius 3 is 1.04 bits per heavy atom. The fourth-order valence-electron chi connectivity index (χ4n) is 3.97. The van der Waals surface area contributed by atoms with E-state index in [0.717, 1.165) is 11.1 Å². The van der Waals surface area contributed by atoms with Gasteiger partial charge in [0.25, 0.3) is 0 Å². The van der Waals surface area contributed by atoms with Gasteiger partial charge in [0.1, 0.15) is 0 Å². The van der Waals surface area contributed by atoms with Crippen molar-refractivity contribution in [1.29, 1.82) is 0 Å². The van der Waals surface area contributed by atoms with Crippen molar-refractivity contribution in [3.8, 4) is 0 Å². The number of benzene rings is 2. The van der Waals surface area contributed by atoms with E-state index in [2.05, 4.69) is 0 Å². The summed E-state index contributed by atoms with van der Waals surface area (Å²) in [6.45, 7) is 3.48. The minimum atomic E-state index is -4.72. The molecule has 0 heterocycles. The van der Waals surface area contributed by atoms with Gasteiger partial charge in [0.05, 0.1) is 11.8 Å². The fourth-order valence-corrected chi connectivity index (χ4v) is 3.97. The van der Waals surface area contributed by atoms with Crippen LogP contribution in [0.3, 0.4) is 0 Å². The summed E-state index contributed by atoms with van der Waals surface area (Å²) in [6, 6.07) is 11.7. The molecule has 140 valence electrons. The third-order valence-electron chi connectivity index (χ3n) is 5.23. The van der Waals surface area contributed by atoms with E-state index in [9.17, 15) is 26.3 Å². The van der Waals surface area contributed by atoms with Gasteiger partial charge < -0.3 is 0 Å². The van der Waals surface area contributed by atoms with E-state index in [-0.39, 0.29) is 11.1 Å². The number of hydrogen-bond acceptors (Lipinski definition) is 0. The average molecular weight is 372 g/mol. The van der Waals surface area contributed by atoms with Gasteiger partial charge in [-0.3, -0.25) is 0 Å². The summed E-state index contributed by atoms with van der Waals surface area (Å²) in [7, 11) is 0. The van der Waals surface area contributed by atoms with Crippen molar-refractivity contribution in [2.24, 2.45) is 11.8 Å². The lowest BCUT2D eigenvalue weighted by molar-refractivity contribution is -0.282. The van der Waals surface area contributed by atoms with Crippen molar-refractivity contribution in [3.05, 3.63) is 70.8 Å². The highest BCUT2D eigenvalue weighted by atomic mass is 19.4. The van der Waals surface area contributed by atoms with Gasteiger partial charge in [0.15, 0.2) is 0 Å². The van der Waals surface area contributed by atoms with E-state index in [1.165, 1.54) is 24.3 Å². The molecule has 1 saturated carbocycles. The molecule has 2 aromatic rings. The summed E-state index contributed by atoms with van der Waals surface area (Å²) >= 11 is 0. The molecule has 0 aromatic heterocycles. The second-order valence-electron chi connectivity index (χ2n) is 7.01. The van der Waals surface area contributed by atoms with Crippen LogP contribution >= 0.6 is 0 Å². The van der Waals surface area contributed by atoms with Gasteiger partial charge in [-0.25, -0.2) is 0 Å². The summed E-state index contributed by atoms with van der Waals surface area (Å²) in [6.07, 6.45) is -9.43. The zero-order valence-corrected chi connectivity index (χ0v) is 14.2. The van der Waals surface area contributed by atoms with Crippen LogP contribution in [0.5, 0.6) is 0 Å². The first kappa shape index (κ1) is 18.8. The van der Waals surface area contributed by atoms with E-state index >= 15 is 0 Å². The second-order valence-corrected chi connectivity index (χ2v) is 7.01. The Labute approximate surface area is 147 Å².